The fourth-order valence-electron chi connectivity index (χ4n) is 2.24. The van der Waals surface area contributed by atoms with E-state index in [-0.39, 0.29) is 0 Å². The van der Waals surface area contributed by atoms with Gasteiger partial charge in [0.05, 0.1) is 0 Å². The van der Waals surface area contributed by atoms with Crippen molar-refractivity contribution >= 4 is 10.8 Å². The molecule has 3 aromatic rings. The van der Waals surface area contributed by atoms with Crippen LogP contribution in [-0.4, -0.2) is 0 Å². The number of fused-ring (bicyclic) bond motifs is 1. The fraction of sp³-hybridized carbons (Fsp3) is 0. The molecule has 0 heterocycles. The minimum Gasteiger partial charge on any atom is -0.0622 e. The van der Waals surface area contributed by atoms with Crippen LogP contribution in [0.2, 0.25) is 0 Å². The molecular formula is C17H13. The SMILES string of the molecule is [CH2]c1cccc2c(-c3ccccc3)cccc12. The lowest BCUT2D eigenvalue weighted by Gasteiger charge is -2.08. The highest BCUT2D eigenvalue weighted by molar-refractivity contribution is 5.98. The third kappa shape index (κ3) is 1.72. The van der Waals surface area contributed by atoms with E-state index in [1.165, 1.54) is 21.9 Å². The summed E-state index contributed by atoms with van der Waals surface area (Å²) in [6, 6.07) is 23.1. The van der Waals surface area contributed by atoms with Crippen molar-refractivity contribution in [1.82, 2.24) is 0 Å². The molecule has 0 spiro atoms. The molecule has 0 N–H and O–H groups in total. The first-order chi connectivity index (χ1) is 8.36. The molecule has 0 unspecified atom stereocenters. The van der Waals surface area contributed by atoms with E-state index >= 15 is 0 Å². The molecule has 0 nitrogen and oxygen atoms in total. The predicted octanol–water partition coefficient (Wildman–Crippen LogP) is 4.69. The molecule has 0 atom stereocenters. The van der Waals surface area contributed by atoms with Gasteiger partial charge in [0.1, 0.15) is 0 Å². The molecule has 0 amide bonds. The molecule has 0 aliphatic rings. The number of rotatable bonds is 1. The Morgan fingerprint density at radius 3 is 2.12 bits per heavy atom. The normalized spacial score (nSPS) is 10.6. The molecule has 1 radical (unpaired) electrons. The molecule has 0 fully saturated rings. The largest absolute Gasteiger partial charge is 0.0622 e. The second-order valence-electron chi connectivity index (χ2n) is 4.18. The van der Waals surface area contributed by atoms with Gasteiger partial charge in [-0.05, 0) is 34.4 Å². The molecule has 81 valence electrons. The van der Waals surface area contributed by atoms with Gasteiger partial charge in [0.25, 0.3) is 0 Å². The molecular weight excluding hydrogens is 204 g/mol. The van der Waals surface area contributed by atoms with Crippen molar-refractivity contribution in [2.75, 3.05) is 0 Å². The molecule has 0 heteroatoms. The summed E-state index contributed by atoms with van der Waals surface area (Å²) < 4.78 is 0. The molecule has 0 aliphatic heterocycles. The lowest BCUT2D eigenvalue weighted by molar-refractivity contribution is 1.63. The number of hydrogen-bond donors (Lipinski definition) is 0. The van der Waals surface area contributed by atoms with Gasteiger partial charge in [0.15, 0.2) is 0 Å². The van der Waals surface area contributed by atoms with Crippen LogP contribution in [0.25, 0.3) is 21.9 Å². The van der Waals surface area contributed by atoms with Crippen LogP contribution in [0.1, 0.15) is 5.56 Å². The maximum absolute atomic E-state index is 4.08. The van der Waals surface area contributed by atoms with Crippen LogP contribution < -0.4 is 0 Å². The van der Waals surface area contributed by atoms with Crippen LogP contribution in [0.5, 0.6) is 0 Å². The highest BCUT2D eigenvalue weighted by Crippen LogP contribution is 2.29. The standard InChI is InChI=1S/C17H13/c1-13-7-5-12-17-15(13)10-6-11-16(17)14-8-3-2-4-9-14/h2-12H,1H2. The average molecular weight is 217 g/mol. The van der Waals surface area contributed by atoms with Crippen molar-refractivity contribution in [3.8, 4) is 11.1 Å². The first-order valence-electron chi connectivity index (χ1n) is 5.75. The van der Waals surface area contributed by atoms with E-state index in [0.717, 1.165) is 5.56 Å². The van der Waals surface area contributed by atoms with Crippen molar-refractivity contribution in [2.24, 2.45) is 0 Å². The van der Waals surface area contributed by atoms with Crippen molar-refractivity contribution in [1.29, 1.82) is 0 Å². The summed E-state index contributed by atoms with van der Waals surface area (Å²) in [5.74, 6) is 0. The summed E-state index contributed by atoms with van der Waals surface area (Å²) in [6.45, 7) is 4.08. The third-order valence-corrected chi connectivity index (χ3v) is 3.10. The predicted molar refractivity (Wildman–Crippen MR) is 73.8 cm³/mol. The zero-order chi connectivity index (χ0) is 11.7. The van der Waals surface area contributed by atoms with E-state index in [2.05, 4.69) is 67.6 Å². The van der Waals surface area contributed by atoms with Crippen LogP contribution in [0.4, 0.5) is 0 Å². The van der Waals surface area contributed by atoms with E-state index in [1.54, 1.807) is 0 Å². The van der Waals surface area contributed by atoms with Gasteiger partial charge in [0, 0.05) is 0 Å². The van der Waals surface area contributed by atoms with E-state index < -0.39 is 0 Å². The topological polar surface area (TPSA) is 0 Å². The van der Waals surface area contributed by atoms with Crippen LogP contribution in [0.15, 0.2) is 66.7 Å². The molecule has 3 aromatic carbocycles. The Kier molecular flexibility index (Phi) is 2.41. The van der Waals surface area contributed by atoms with Crippen LogP contribution in [-0.2, 0) is 0 Å². The van der Waals surface area contributed by atoms with E-state index in [0.29, 0.717) is 0 Å². The molecule has 0 saturated heterocycles. The first kappa shape index (κ1) is 10.1. The zero-order valence-electron chi connectivity index (χ0n) is 9.56. The van der Waals surface area contributed by atoms with Gasteiger partial charge in [-0.25, -0.2) is 0 Å². The Bertz CT molecular complexity index is 651. The van der Waals surface area contributed by atoms with Gasteiger partial charge in [-0.15, -0.1) is 0 Å². The van der Waals surface area contributed by atoms with Crippen molar-refractivity contribution in [3.63, 3.8) is 0 Å². The Morgan fingerprint density at radius 1 is 0.588 bits per heavy atom. The lowest BCUT2D eigenvalue weighted by atomic mass is 9.96. The van der Waals surface area contributed by atoms with Crippen molar-refractivity contribution < 1.29 is 0 Å². The molecule has 17 heavy (non-hydrogen) atoms. The van der Waals surface area contributed by atoms with Crippen molar-refractivity contribution in [3.05, 3.63) is 79.2 Å². The summed E-state index contributed by atoms with van der Waals surface area (Å²) in [4.78, 5) is 0. The van der Waals surface area contributed by atoms with Gasteiger partial charge in [0.2, 0.25) is 0 Å². The minimum atomic E-state index is 1.08. The molecule has 3 rings (SSSR count). The molecule has 0 saturated carbocycles. The van der Waals surface area contributed by atoms with Crippen LogP contribution in [0, 0.1) is 6.92 Å². The summed E-state index contributed by atoms with van der Waals surface area (Å²) in [5, 5.41) is 2.50. The maximum Gasteiger partial charge on any atom is -0.0103 e. The van der Waals surface area contributed by atoms with E-state index in [9.17, 15) is 0 Å². The number of benzene rings is 3. The summed E-state index contributed by atoms with van der Waals surface area (Å²) in [7, 11) is 0. The Morgan fingerprint density at radius 2 is 1.29 bits per heavy atom. The quantitative estimate of drug-likeness (QED) is 0.554. The summed E-state index contributed by atoms with van der Waals surface area (Å²) in [6.07, 6.45) is 0. The van der Waals surface area contributed by atoms with Gasteiger partial charge < -0.3 is 0 Å². The molecule has 0 aromatic heterocycles. The van der Waals surface area contributed by atoms with E-state index in [1.807, 2.05) is 6.07 Å². The summed E-state index contributed by atoms with van der Waals surface area (Å²) in [5.41, 5.74) is 3.61. The Labute approximate surface area is 102 Å². The highest BCUT2D eigenvalue weighted by Gasteiger charge is 2.03. The minimum absolute atomic E-state index is 1.08. The molecule has 0 bridgehead atoms. The maximum atomic E-state index is 4.08. The Hall–Kier alpha value is -2.08. The van der Waals surface area contributed by atoms with Gasteiger partial charge in [-0.3, -0.25) is 0 Å². The smallest absolute Gasteiger partial charge is 0.0103 e. The average Bonchev–Trinajstić information content (AvgIpc) is 2.40. The third-order valence-electron chi connectivity index (χ3n) is 3.10. The zero-order valence-corrected chi connectivity index (χ0v) is 9.56. The number of hydrogen-bond acceptors (Lipinski definition) is 0. The van der Waals surface area contributed by atoms with Gasteiger partial charge in [-0.2, -0.15) is 0 Å². The monoisotopic (exact) mass is 217 g/mol. The highest BCUT2D eigenvalue weighted by atomic mass is 14.1. The lowest BCUT2D eigenvalue weighted by Crippen LogP contribution is -1.83. The first-order valence-corrected chi connectivity index (χ1v) is 5.75. The van der Waals surface area contributed by atoms with Crippen LogP contribution >= 0.6 is 0 Å². The van der Waals surface area contributed by atoms with Crippen molar-refractivity contribution in [2.45, 2.75) is 0 Å². The summed E-state index contributed by atoms with van der Waals surface area (Å²) >= 11 is 0. The Balaban J connectivity index is 2.35. The second kappa shape index (κ2) is 4.06. The van der Waals surface area contributed by atoms with Crippen LogP contribution in [0.3, 0.4) is 0 Å². The van der Waals surface area contributed by atoms with Gasteiger partial charge >= 0.3 is 0 Å². The fourth-order valence-corrected chi connectivity index (χ4v) is 2.24. The van der Waals surface area contributed by atoms with Gasteiger partial charge in [-0.1, -0.05) is 66.7 Å². The second-order valence-corrected chi connectivity index (χ2v) is 4.18. The molecule has 0 aliphatic carbocycles. The van der Waals surface area contributed by atoms with E-state index in [4.69, 9.17) is 0 Å².